The summed E-state index contributed by atoms with van der Waals surface area (Å²) >= 11 is 34.6. The van der Waals surface area contributed by atoms with Gasteiger partial charge in [-0.3, -0.25) is 25.0 Å². The largest absolute Gasteiger partial charge is 0.480 e. The predicted molar refractivity (Wildman–Crippen MR) is 252 cm³/mol. The van der Waals surface area contributed by atoms with E-state index in [4.69, 9.17) is 95.8 Å². The number of hydrogen-bond acceptors (Lipinski definition) is 13. The molecule has 340 valence electrons. The molecule has 5 aromatic carbocycles. The molecule has 7 rings (SSSR count). The van der Waals surface area contributed by atoms with Crippen molar-refractivity contribution >= 4 is 126 Å². The normalized spacial score (nSPS) is 10.2. The van der Waals surface area contributed by atoms with Crippen LogP contribution in [0, 0.1) is 20.2 Å². The van der Waals surface area contributed by atoms with Gasteiger partial charge in [0, 0.05) is 31.8 Å². The van der Waals surface area contributed by atoms with Crippen LogP contribution in [0.1, 0.15) is 0 Å². The van der Waals surface area contributed by atoms with Gasteiger partial charge in [-0.05, 0) is 48.5 Å². The van der Waals surface area contributed by atoms with Crippen molar-refractivity contribution in [2.75, 3.05) is 49.3 Å². The highest BCUT2D eigenvalue weighted by Gasteiger charge is 2.16. The zero-order chi connectivity index (χ0) is 47.3. The standard InChI is InChI=1S/C9H7ClN2O2.C9H9ClN2O.C8H9ClN2O3.C8H11ClN2O.C6H3Cl2NO2/c10-6-2-1-3-7-9(6)12(5-11-7)4-8(13)14;10-7-2-1-3-8-9(7)12(4-5-13)6-11-8;9-6-2-1-3-7(11(13)14)8(6)10-4-5-12;9-6-2-1-3-7(10)8(6)11-4-5-12;7-4-2-1-3-5(6(4)8)9(10)11/h1-3,5H,4H2,(H,13,14);1-3,6,13H,4-5H2;1-3,10,12H,4-5H2;1-3,11-12H,4-5,10H2;1-3H. The van der Waals surface area contributed by atoms with E-state index in [-0.39, 0.29) is 65.0 Å². The van der Waals surface area contributed by atoms with Crippen LogP contribution in [0.2, 0.25) is 30.1 Å². The average Bonchev–Trinajstić information content (AvgIpc) is 3.87. The van der Waals surface area contributed by atoms with Gasteiger partial charge in [0.05, 0.1) is 101 Å². The summed E-state index contributed by atoms with van der Waals surface area (Å²) in [4.78, 5) is 38.5. The lowest BCUT2D eigenvalue weighted by molar-refractivity contribution is -0.384. The van der Waals surface area contributed by atoms with Crippen molar-refractivity contribution in [3.8, 4) is 0 Å². The second kappa shape index (κ2) is 26.8. The maximum absolute atomic E-state index is 10.6. The number of fused-ring (bicyclic) bond motifs is 2. The van der Waals surface area contributed by atoms with E-state index >= 15 is 0 Å². The van der Waals surface area contributed by atoms with Crippen molar-refractivity contribution in [2.24, 2.45) is 0 Å². The predicted octanol–water partition coefficient (Wildman–Crippen LogP) is 9.34. The zero-order valence-corrected chi connectivity index (χ0v) is 37.7. The molecule has 2 aromatic heterocycles. The molecule has 0 radical (unpaired) electrons. The number of aliphatic carboxylic acids is 1. The number of hydrogen-bond donors (Lipinski definition) is 7. The minimum atomic E-state index is -0.913. The molecule has 0 unspecified atom stereocenters. The Bertz CT molecular complexity index is 2630. The number of halogens is 6. The van der Waals surface area contributed by atoms with Gasteiger partial charge < -0.3 is 45.9 Å². The number of imidazole rings is 2. The van der Waals surface area contributed by atoms with Crippen LogP contribution in [0.3, 0.4) is 0 Å². The number of nitrogens with two attached hydrogens (primary N) is 1. The number of para-hydroxylation sites is 4. The Morgan fingerprint density at radius 3 is 1.53 bits per heavy atom. The van der Waals surface area contributed by atoms with Crippen LogP contribution in [-0.4, -0.2) is 88.3 Å². The van der Waals surface area contributed by atoms with E-state index in [2.05, 4.69) is 20.6 Å². The molecule has 0 aliphatic heterocycles. The van der Waals surface area contributed by atoms with Crippen LogP contribution >= 0.6 is 69.6 Å². The molecule has 2 heterocycles. The lowest BCUT2D eigenvalue weighted by atomic mass is 10.2. The van der Waals surface area contributed by atoms with Gasteiger partial charge in [0.15, 0.2) is 0 Å². The fourth-order valence-electron chi connectivity index (χ4n) is 5.27. The van der Waals surface area contributed by atoms with Gasteiger partial charge in [-0.2, -0.15) is 0 Å². The van der Waals surface area contributed by atoms with E-state index in [1.165, 1.54) is 41.2 Å². The van der Waals surface area contributed by atoms with Gasteiger partial charge in [-0.1, -0.05) is 99.9 Å². The van der Waals surface area contributed by atoms with Crippen molar-refractivity contribution in [3.63, 3.8) is 0 Å². The summed E-state index contributed by atoms with van der Waals surface area (Å²) in [6, 6.07) is 24.8. The highest BCUT2D eigenvalue weighted by Crippen LogP contribution is 2.32. The minimum Gasteiger partial charge on any atom is -0.480 e. The Hall–Kier alpha value is -5.67. The summed E-state index contributed by atoms with van der Waals surface area (Å²) in [5.74, 6) is -0.913. The summed E-state index contributed by atoms with van der Waals surface area (Å²) in [6.07, 6.45) is 3.16. The number of rotatable bonds is 12. The molecule has 7 aromatic rings. The zero-order valence-electron chi connectivity index (χ0n) is 33.1. The Morgan fingerprint density at radius 1 is 0.609 bits per heavy atom. The van der Waals surface area contributed by atoms with Crippen molar-refractivity contribution in [2.45, 2.75) is 13.1 Å². The highest BCUT2D eigenvalue weighted by atomic mass is 35.5. The summed E-state index contributed by atoms with van der Waals surface area (Å²) in [7, 11) is 0. The molecule has 24 heteroatoms. The van der Waals surface area contributed by atoms with Crippen LogP contribution < -0.4 is 16.4 Å². The van der Waals surface area contributed by atoms with E-state index in [0.29, 0.717) is 50.6 Å². The van der Waals surface area contributed by atoms with Crippen LogP contribution in [0.25, 0.3) is 22.1 Å². The molecule has 18 nitrogen and oxygen atoms in total. The van der Waals surface area contributed by atoms with E-state index in [1.54, 1.807) is 48.8 Å². The number of nitrogens with zero attached hydrogens (tertiary/aromatic N) is 6. The molecule has 0 aliphatic carbocycles. The first-order valence-corrected chi connectivity index (χ1v) is 20.6. The first kappa shape index (κ1) is 52.7. The Balaban J connectivity index is 0.000000213. The van der Waals surface area contributed by atoms with E-state index in [1.807, 2.05) is 22.8 Å². The first-order valence-electron chi connectivity index (χ1n) is 18.3. The van der Waals surface area contributed by atoms with Crippen LogP contribution in [0.15, 0.2) is 104 Å². The van der Waals surface area contributed by atoms with Gasteiger partial charge in [-0.25, -0.2) is 9.97 Å². The van der Waals surface area contributed by atoms with Gasteiger partial charge >= 0.3 is 5.97 Å². The van der Waals surface area contributed by atoms with Crippen molar-refractivity contribution < 1.29 is 35.1 Å². The van der Waals surface area contributed by atoms with Crippen molar-refractivity contribution in [1.82, 2.24) is 19.1 Å². The highest BCUT2D eigenvalue weighted by molar-refractivity contribution is 6.43. The Morgan fingerprint density at radius 2 is 1.05 bits per heavy atom. The topological polar surface area (TPSA) is 270 Å². The molecule has 0 fully saturated rings. The Labute approximate surface area is 394 Å². The number of aromatic nitrogens is 4. The summed E-state index contributed by atoms with van der Waals surface area (Å²) < 4.78 is 3.36. The van der Waals surface area contributed by atoms with Gasteiger partial charge in [0.2, 0.25) is 0 Å². The molecule has 0 amide bonds. The number of anilines is 3. The summed E-state index contributed by atoms with van der Waals surface area (Å²) in [5.41, 5.74) is 10.0. The molecule has 0 aliphatic rings. The third kappa shape index (κ3) is 15.5. The lowest BCUT2D eigenvalue weighted by Crippen LogP contribution is -2.07. The number of carbonyl (C=O) groups is 1. The molecular formula is C40H39Cl6N9O9. The van der Waals surface area contributed by atoms with Gasteiger partial charge in [-0.15, -0.1) is 0 Å². The van der Waals surface area contributed by atoms with E-state index in [0.717, 1.165) is 11.0 Å². The number of aliphatic hydroxyl groups excluding tert-OH is 3. The molecule has 8 N–H and O–H groups in total. The van der Waals surface area contributed by atoms with E-state index < -0.39 is 15.8 Å². The fraction of sp³-hybridized carbons (Fsp3) is 0.175. The second-order valence-electron chi connectivity index (χ2n) is 12.4. The molecular weight excluding hydrogens is 963 g/mol. The monoisotopic (exact) mass is 999 g/mol. The van der Waals surface area contributed by atoms with Crippen molar-refractivity contribution in [1.29, 1.82) is 0 Å². The number of carboxylic acid groups (broad SMARTS) is 1. The SMILES string of the molecule is Nc1cccc(Cl)c1NCCO.O=C(O)Cn1cnc2cccc(Cl)c21.O=[N+]([O-])c1cccc(Cl)c1Cl.O=[N+]([O-])c1cccc(Cl)c1NCCO.OCCn1cnc2cccc(Cl)c21. The fourth-order valence-corrected chi connectivity index (χ4v) is 6.68. The molecule has 0 saturated heterocycles. The molecule has 0 spiro atoms. The Kier molecular flexibility index (Phi) is 22.1. The van der Waals surface area contributed by atoms with Crippen LogP contribution in [-0.2, 0) is 17.9 Å². The van der Waals surface area contributed by atoms with Gasteiger partial charge in [0.1, 0.15) is 17.3 Å². The van der Waals surface area contributed by atoms with Crippen LogP contribution in [0.5, 0.6) is 0 Å². The molecule has 0 saturated carbocycles. The third-order valence-corrected chi connectivity index (χ3v) is 10.1. The average molecular weight is 1000 g/mol. The van der Waals surface area contributed by atoms with Gasteiger partial charge in [0.25, 0.3) is 11.4 Å². The minimum absolute atomic E-state index is 0.0147. The molecule has 0 bridgehead atoms. The number of nitro groups is 2. The maximum Gasteiger partial charge on any atom is 0.323 e. The number of nitrogen functional groups attached to an aromatic ring is 1. The maximum atomic E-state index is 10.6. The van der Waals surface area contributed by atoms with Crippen LogP contribution in [0.4, 0.5) is 28.4 Å². The quantitative estimate of drug-likeness (QED) is 0.0342. The molecule has 0 atom stereocenters. The smallest absolute Gasteiger partial charge is 0.323 e. The number of nitro benzene ring substituents is 2. The number of nitrogens with one attached hydrogen (secondary N) is 2. The molecule has 64 heavy (non-hydrogen) atoms. The van der Waals surface area contributed by atoms with E-state index in [9.17, 15) is 25.0 Å². The second-order valence-corrected chi connectivity index (χ2v) is 14.8. The number of carboxylic acids is 1. The third-order valence-electron chi connectivity index (χ3n) is 8.01. The number of aliphatic hydroxyl groups is 3. The number of benzene rings is 5. The summed E-state index contributed by atoms with van der Waals surface area (Å²) in [6.45, 7) is 1.13. The first-order chi connectivity index (χ1) is 30.6. The van der Waals surface area contributed by atoms with Crippen molar-refractivity contribution in [3.05, 3.63) is 154 Å². The lowest BCUT2D eigenvalue weighted by Gasteiger charge is -2.08. The summed E-state index contributed by atoms with van der Waals surface area (Å²) in [5, 5.41) is 63.2.